The highest BCUT2D eigenvalue weighted by molar-refractivity contribution is 5.81. The van der Waals surface area contributed by atoms with Gasteiger partial charge < -0.3 is 4.90 Å². The fraction of sp³-hybridized carbons (Fsp3) is 0.375. The van der Waals surface area contributed by atoms with Gasteiger partial charge in [-0.15, -0.1) is 0 Å². The topological polar surface area (TPSA) is 44.1 Å². The number of hydrogen-bond acceptors (Lipinski definition) is 2. The lowest BCUT2D eigenvalue weighted by atomic mass is 9.99. The third-order valence-corrected chi connectivity index (χ3v) is 2.89. The molecule has 0 saturated heterocycles. The summed E-state index contributed by atoms with van der Waals surface area (Å²) in [6.45, 7) is 8.73. The Labute approximate surface area is 115 Å². The van der Waals surface area contributed by atoms with Crippen LogP contribution >= 0.6 is 0 Å². The average Bonchev–Trinajstić information content (AvgIpc) is 2.42. The van der Waals surface area contributed by atoms with Gasteiger partial charge in [0.25, 0.3) is 0 Å². The summed E-state index contributed by atoms with van der Waals surface area (Å²) in [7, 11) is 0. The number of carbonyl (C=O) groups excluding carboxylic acids is 1. The molecule has 0 aliphatic carbocycles. The zero-order chi connectivity index (χ0) is 14.3. The molecule has 0 heterocycles. The second kappa shape index (κ2) is 7.38. The van der Waals surface area contributed by atoms with E-state index in [1.165, 1.54) is 0 Å². The lowest BCUT2D eigenvalue weighted by Crippen LogP contribution is -2.37. The maximum absolute atomic E-state index is 12.3. The average molecular weight is 256 g/mol. The van der Waals surface area contributed by atoms with Crippen LogP contribution in [0.4, 0.5) is 0 Å². The molecule has 0 aliphatic heterocycles. The summed E-state index contributed by atoms with van der Waals surface area (Å²) in [5, 5.41) is 9.22. The normalized spacial score (nSPS) is 11.4. The number of carbonyl (C=O) groups is 1. The maximum atomic E-state index is 12.3. The largest absolute Gasteiger partial charge is 0.338 e. The van der Waals surface area contributed by atoms with Gasteiger partial charge >= 0.3 is 0 Å². The van der Waals surface area contributed by atoms with Gasteiger partial charge in [-0.2, -0.15) is 5.26 Å². The summed E-state index contributed by atoms with van der Waals surface area (Å²) in [4.78, 5) is 14.0. The van der Waals surface area contributed by atoms with Gasteiger partial charge in [0.15, 0.2) is 0 Å². The van der Waals surface area contributed by atoms with Crippen LogP contribution in [0.25, 0.3) is 0 Å². The molecule has 1 amide bonds. The molecule has 1 aromatic rings. The van der Waals surface area contributed by atoms with E-state index in [1.54, 1.807) is 4.90 Å². The van der Waals surface area contributed by atoms with E-state index in [4.69, 9.17) is 0 Å². The van der Waals surface area contributed by atoms with Crippen molar-refractivity contribution < 1.29 is 4.79 Å². The lowest BCUT2D eigenvalue weighted by Gasteiger charge is -2.23. The molecular weight excluding hydrogens is 236 g/mol. The first-order valence-corrected chi connectivity index (χ1v) is 6.45. The van der Waals surface area contributed by atoms with Crippen molar-refractivity contribution in [1.82, 2.24) is 4.90 Å². The Morgan fingerprint density at radius 3 is 2.53 bits per heavy atom. The van der Waals surface area contributed by atoms with Crippen LogP contribution in [0.5, 0.6) is 0 Å². The summed E-state index contributed by atoms with van der Waals surface area (Å²) in [6, 6.07) is 11.7. The second-order valence-electron chi connectivity index (χ2n) is 4.68. The van der Waals surface area contributed by atoms with Crippen LogP contribution < -0.4 is 0 Å². The molecule has 0 radical (unpaired) electrons. The number of nitriles is 1. The number of amides is 1. The minimum absolute atomic E-state index is 0.114. The number of benzene rings is 1. The number of nitrogens with zero attached hydrogens (tertiary/aromatic N) is 2. The number of hydrogen-bond donors (Lipinski definition) is 0. The quantitative estimate of drug-likeness (QED) is 0.735. The van der Waals surface area contributed by atoms with Gasteiger partial charge in [-0.3, -0.25) is 4.79 Å². The van der Waals surface area contributed by atoms with E-state index in [0.29, 0.717) is 19.5 Å². The first kappa shape index (κ1) is 15.0. The molecule has 0 N–H and O–H groups in total. The van der Waals surface area contributed by atoms with Gasteiger partial charge in [-0.1, -0.05) is 42.5 Å². The van der Waals surface area contributed by atoms with Gasteiger partial charge in [0, 0.05) is 13.1 Å². The molecule has 1 atom stereocenters. The molecule has 0 fully saturated rings. The molecule has 0 aromatic heterocycles. The summed E-state index contributed by atoms with van der Waals surface area (Å²) in [5.74, 6) is -0.737. The molecule has 19 heavy (non-hydrogen) atoms. The summed E-state index contributed by atoms with van der Waals surface area (Å²) < 4.78 is 0. The third kappa shape index (κ3) is 4.59. The molecule has 0 saturated carbocycles. The number of rotatable bonds is 6. The molecule has 3 nitrogen and oxygen atoms in total. The summed E-state index contributed by atoms with van der Waals surface area (Å²) in [6.07, 6.45) is 0.461. The first-order chi connectivity index (χ1) is 9.08. The molecule has 3 heteroatoms. The zero-order valence-corrected chi connectivity index (χ0v) is 11.6. The summed E-state index contributed by atoms with van der Waals surface area (Å²) in [5.41, 5.74) is 1.93. The molecule has 0 spiro atoms. The van der Waals surface area contributed by atoms with Crippen molar-refractivity contribution in [2.45, 2.75) is 20.3 Å². The Balaban J connectivity index is 2.76. The third-order valence-electron chi connectivity index (χ3n) is 2.89. The first-order valence-electron chi connectivity index (χ1n) is 6.45. The molecule has 0 bridgehead atoms. The molecule has 1 rings (SSSR count). The molecule has 0 aliphatic rings. The van der Waals surface area contributed by atoms with Crippen molar-refractivity contribution >= 4 is 5.91 Å². The van der Waals surface area contributed by atoms with E-state index < -0.39 is 5.92 Å². The van der Waals surface area contributed by atoms with Crippen molar-refractivity contribution in [3.8, 4) is 6.07 Å². The smallest absolute Gasteiger partial charge is 0.240 e. The van der Waals surface area contributed by atoms with Crippen molar-refractivity contribution in [3.63, 3.8) is 0 Å². The molecule has 1 unspecified atom stereocenters. The van der Waals surface area contributed by atoms with E-state index >= 15 is 0 Å². The van der Waals surface area contributed by atoms with Crippen molar-refractivity contribution in [2.24, 2.45) is 5.92 Å². The van der Waals surface area contributed by atoms with E-state index in [0.717, 1.165) is 11.1 Å². The van der Waals surface area contributed by atoms with Crippen LogP contribution in [0.3, 0.4) is 0 Å². The minimum Gasteiger partial charge on any atom is -0.338 e. The SMILES string of the molecule is C=C(C)CN(CC)C(=O)C(C#N)Cc1ccccc1. The van der Waals surface area contributed by atoms with E-state index in [9.17, 15) is 10.1 Å². The minimum atomic E-state index is -0.623. The van der Waals surface area contributed by atoms with Gasteiger partial charge in [0.2, 0.25) is 5.91 Å². The molecular formula is C16H20N2O. The van der Waals surface area contributed by atoms with E-state index in [1.807, 2.05) is 44.2 Å². The monoisotopic (exact) mass is 256 g/mol. The van der Waals surface area contributed by atoms with Crippen molar-refractivity contribution in [3.05, 3.63) is 48.0 Å². The standard InChI is InChI=1S/C16H20N2O/c1-4-18(12-13(2)3)16(19)15(11-17)10-14-8-6-5-7-9-14/h5-9,15H,2,4,10,12H2,1,3H3. The fourth-order valence-corrected chi connectivity index (χ4v) is 1.93. The van der Waals surface area contributed by atoms with Crippen molar-refractivity contribution in [2.75, 3.05) is 13.1 Å². The van der Waals surface area contributed by atoms with Gasteiger partial charge in [-0.05, 0) is 25.8 Å². The van der Waals surface area contributed by atoms with E-state index in [-0.39, 0.29) is 5.91 Å². The van der Waals surface area contributed by atoms with Crippen LogP contribution in [0.15, 0.2) is 42.5 Å². The number of likely N-dealkylation sites (N-methyl/N-ethyl adjacent to an activating group) is 1. The Morgan fingerprint density at radius 2 is 2.05 bits per heavy atom. The highest BCUT2D eigenvalue weighted by atomic mass is 16.2. The Bertz CT molecular complexity index is 473. The molecule has 1 aromatic carbocycles. The van der Waals surface area contributed by atoms with Gasteiger partial charge in [0.05, 0.1) is 6.07 Å². The summed E-state index contributed by atoms with van der Waals surface area (Å²) >= 11 is 0. The van der Waals surface area contributed by atoms with Gasteiger partial charge in [-0.25, -0.2) is 0 Å². The predicted octanol–water partition coefficient (Wildman–Crippen LogP) is 2.79. The highest BCUT2D eigenvalue weighted by Gasteiger charge is 2.23. The maximum Gasteiger partial charge on any atom is 0.240 e. The molecule has 100 valence electrons. The fourth-order valence-electron chi connectivity index (χ4n) is 1.93. The van der Waals surface area contributed by atoms with E-state index in [2.05, 4.69) is 12.6 Å². The Kier molecular flexibility index (Phi) is 5.81. The second-order valence-corrected chi connectivity index (χ2v) is 4.68. The van der Waals surface area contributed by atoms with Crippen LogP contribution in [-0.2, 0) is 11.2 Å². The highest BCUT2D eigenvalue weighted by Crippen LogP contribution is 2.12. The van der Waals surface area contributed by atoms with Gasteiger partial charge in [0.1, 0.15) is 5.92 Å². The van der Waals surface area contributed by atoms with Crippen LogP contribution in [0.2, 0.25) is 0 Å². The zero-order valence-electron chi connectivity index (χ0n) is 11.6. The lowest BCUT2D eigenvalue weighted by molar-refractivity contribution is -0.133. The van der Waals surface area contributed by atoms with Crippen LogP contribution in [-0.4, -0.2) is 23.9 Å². The Morgan fingerprint density at radius 1 is 1.42 bits per heavy atom. The Hall–Kier alpha value is -2.08. The van der Waals surface area contributed by atoms with Crippen LogP contribution in [0, 0.1) is 17.2 Å². The predicted molar refractivity (Wildman–Crippen MR) is 76.3 cm³/mol. The van der Waals surface area contributed by atoms with Crippen molar-refractivity contribution in [1.29, 1.82) is 5.26 Å². The van der Waals surface area contributed by atoms with Crippen LogP contribution in [0.1, 0.15) is 19.4 Å².